The summed E-state index contributed by atoms with van der Waals surface area (Å²) in [6.45, 7) is 6.84. The summed E-state index contributed by atoms with van der Waals surface area (Å²) in [5.41, 5.74) is 4.54. The quantitative estimate of drug-likeness (QED) is 0.671. The molecule has 0 radical (unpaired) electrons. The number of imidazole rings is 1. The van der Waals surface area contributed by atoms with Crippen LogP contribution in [0.1, 0.15) is 6.92 Å². The van der Waals surface area contributed by atoms with E-state index in [0.29, 0.717) is 0 Å². The van der Waals surface area contributed by atoms with Crippen LogP contribution in [0.2, 0.25) is 0 Å². The zero-order chi connectivity index (χ0) is 20.4. The van der Waals surface area contributed by atoms with E-state index in [1.165, 1.54) is 11.2 Å². The number of carbonyl (C=O) groups excluding carboxylic acids is 1. The largest absolute Gasteiger partial charge is 0.368 e. The molecule has 0 unspecified atom stereocenters. The van der Waals surface area contributed by atoms with Crippen molar-refractivity contribution in [3.05, 3.63) is 48.5 Å². The molecule has 2 aromatic carbocycles. The average Bonchev–Trinajstić information content (AvgIpc) is 3.11. The van der Waals surface area contributed by atoms with Gasteiger partial charge in [-0.1, -0.05) is 12.1 Å². The van der Waals surface area contributed by atoms with Gasteiger partial charge in [-0.2, -0.15) is 0 Å². The molecule has 0 atom stereocenters. The lowest BCUT2D eigenvalue weighted by atomic mass is 10.1. The molecule has 152 valence electrons. The SMILES string of the molecule is CC(=O)N1CCN(c2ccc(-c3nc4ccccc4n3CCN(C)C)cc2)CC1. The van der Waals surface area contributed by atoms with Crippen molar-refractivity contribution in [3.63, 3.8) is 0 Å². The van der Waals surface area contributed by atoms with Crippen LogP contribution in [0.25, 0.3) is 22.4 Å². The molecule has 2 heterocycles. The van der Waals surface area contributed by atoms with Gasteiger partial charge in [0.1, 0.15) is 5.82 Å². The molecule has 1 aliphatic rings. The number of nitrogens with zero attached hydrogens (tertiary/aromatic N) is 5. The molecule has 1 fully saturated rings. The van der Waals surface area contributed by atoms with Crippen LogP contribution in [0.15, 0.2) is 48.5 Å². The highest BCUT2D eigenvalue weighted by atomic mass is 16.2. The van der Waals surface area contributed by atoms with E-state index in [1.807, 2.05) is 11.0 Å². The van der Waals surface area contributed by atoms with Crippen molar-refractivity contribution in [2.45, 2.75) is 13.5 Å². The lowest BCUT2D eigenvalue weighted by molar-refractivity contribution is -0.129. The van der Waals surface area contributed by atoms with Crippen molar-refractivity contribution < 1.29 is 4.79 Å². The zero-order valence-corrected chi connectivity index (χ0v) is 17.5. The molecule has 6 heteroatoms. The highest BCUT2D eigenvalue weighted by molar-refractivity contribution is 5.81. The first-order chi connectivity index (χ1) is 14.0. The van der Waals surface area contributed by atoms with Crippen LogP contribution in [0.5, 0.6) is 0 Å². The Morgan fingerprint density at radius 2 is 1.69 bits per heavy atom. The molecule has 6 nitrogen and oxygen atoms in total. The average molecular weight is 392 g/mol. The molecule has 29 heavy (non-hydrogen) atoms. The molecule has 0 spiro atoms. The summed E-state index contributed by atoms with van der Waals surface area (Å²) in [5, 5.41) is 0. The van der Waals surface area contributed by atoms with Crippen molar-refractivity contribution in [1.29, 1.82) is 0 Å². The second kappa shape index (κ2) is 8.25. The maximum absolute atomic E-state index is 11.5. The highest BCUT2D eigenvalue weighted by Crippen LogP contribution is 2.27. The summed E-state index contributed by atoms with van der Waals surface area (Å²) in [5.74, 6) is 1.18. The van der Waals surface area contributed by atoms with Crippen LogP contribution in [0.4, 0.5) is 5.69 Å². The van der Waals surface area contributed by atoms with E-state index < -0.39 is 0 Å². The van der Waals surface area contributed by atoms with Crippen LogP contribution in [0.3, 0.4) is 0 Å². The van der Waals surface area contributed by atoms with Gasteiger partial charge in [0.15, 0.2) is 0 Å². The minimum absolute atomic E-state index is 0.164. The highest BCUT2D eigenvalue weighted by Gasteiger charge is 2.19. The summed E-state index contributed by atoms with van der Waals surface area (Å²) < 4.78 is 2.32. The van der Waals surface area contributed by atoms with Gasteiger partial charge in [0, 0.05) is 57.4 Å². The Bertz CT molecular complexity index is 984. The number of hydrogen-bond donors (Lipinski definition) is 0. The number of piperazine rings is 1. The molecule has 1 amide bonds. The molecule has 0 N–H and O–H groups in total. The molecule has 3 aromatic rings. The Morgan fingerprint density at radius 1 is 1.00 bits per heavy atom. The summed E-state index contributed by atoms with van der Waals surface area (Å²) in [6, 6.07) is 17.0. The van der Waals surface area contributed by atoms with Crippen molar-refractivity contribution in [1.82, 2.24) is 19.4 Å². The number of amides is 1. The summed E-state index contributed by atoms with van der Waals surface area (Å²) in [7, 11) is 4.19. The smallest absolute Gasteiger partial charge is 0.219 e. The van der Waals surface area contributed by atoms with Gasteiger partial charge < -0.3 is 19.3 Å². The summed E-state index contributed by atoms with van der Waals surface area (Å²) in [6.07, 6.45) is 0. The van der Waals surface area contributed by atoms with Gasteiger partial charge in [-0.15, -0.1) is 0 Å². The van der Waals surface area contributed by atoms with Crippen LogP contribution in [0, 0.1) is 0 Å². The Labute approximate surface area is 172 Å². The minimum atomic E-state index is 0.164. The molecular weight excluding hydrogens is 362 g/mol. The number of rotatable bonds is 5. The molecule has 4 rings (SSSR count). The Morgan fingerprint density at radius 3 is 2.34 bits per heavy atom. The topological polar surface area (TPSA) is 44.6 Å². The second-order valence-corrected chi connectivity index (χ2v) is 7.92. The van der Waals surface area contributed by atoms with Crippen molar-refractivity contribution in [2.75, 3.05) is 51.7 Å². The number of anilines is 1. The van der Waals surface area contributed by atoms with Gasteiger partial charge in [-0.25, -0.2) is 4.98 Å². The molecule has 1 aromatic heterocycles. The molecule has 1 saturated heterocycles. The monoisotopic (exact) mass is 391 g/mol. The Kier molecular flexibility index (Phi) is 5.53. The van der Waals surface area contributed by atoms with E-state index in [-0.39, 0.29) is 5.91 Å². The number of hydrogen-bond acceptors (Lipinski definition) is 4. The van der Waals surface area contributed by atoms with Crippen LogP contribution >= 0.6 is 0 Å². The molecule has 0 aliphatic carbocycles. The fourth-order valence-electron chi connectivity index (χ4n) is 3.92. The number of para-hydroxylation sites is 2. The number of likely N-dealkylation sites (N-methyl/N-ethyl adjacent to an activating group) is 1. The third kappa shape index (κ3) is 4.12. The van der Waals surface area contributed by atoms with E-state index >= 15 is 0 Å². The predicted molar refractivity (Wildman–Crippen MR) is 118 cm³/mol. The first-order valence-electron chi connectivity index (χ1n) is 10.2. The van der Waals surface area contributed by atoms with E-state index in [4.69, 9.17) is 4.98 Å². The lowest BCUT2D eigenvalue weighted by Crippen LogP contribution is -2.48. The lowest BCUT2D eigenvalue weighted by Gasteiger charge is -2.35. The van der Waals surface area contributed by atoms with Gasteiger partial charge in [0.05, 0.1) is 11.0 Å². The second-order valence-electron chi connectivity index (χ2n) is 7.92. The van der Waals surface area contributed by atoms with Gasteiger partial charge in [-0.05, 0) is 50.5 Å². The van der Waals surface area contributed by atoms with Crippen LogP contribution in [-0.4, -0.2) is 72.1 Å². The number of fused-ring (bicyclic) bond motifs is 1. The van der Waals surface area contributed by atoms with E-state index in [1.54, 1.807) is 6.92 Å². The minimum Gasteiger partial charge on any atom is -0.368 e. The van der Waals surface area contributed by atoms with Crippen molar-refractivity contribution >= 4 is 22.6 Å². The standard InChI is InChI=1S/C23H29N5O/c1-18(29)26-13-15-27(16-14-26)20-10-8-19(9-11-20)23-24-21-6-4-5-7-22(21)28(23)17-12-25(2)3/h4-11H,12-17H2,1-3H3. The van der Waals surface area contributed by atoms with E-state index in [9.17, 15) is 4.79 Å². The van der Waals surface area contributed by atoms with E-state index in [0.717, 1.165) is 56.2 Å². The summed E-state index contributed by atoms with van der Waals surface area (Å²) >= 11 is 0. The van der Waals surface area contributed by atoms with E-state index in [2.05, 4.69) is 70.9 Å². The van der Waals surface area contributed by atoms with Gasteiger partial charge in [0.2, 0.25) is 5.91 Å². The molecule has 0 saturated carbocycles. The molecule has 1 aliphatic heterocycles. The summed E-state index contributed by atoms with van der Waals surface area (Å²) in [4.78, 5) is 22.9. The van der Waals surface area contributed by atoms with Gasteiger partial charge in [-0.3, -0.25) is 4.79 Å². The third-order valence-corrected chi connectivity index (χ3v) is 5.64. The molecule has 0 bridgehead atoms. The first kappa shape index (κ1) is 19.5. The van der Waals surface area contributed by atoms with Gasteiger partial charge in [0.25, 0.3) is 0 Å². The fraction of sp³-hybridized carbons (Fsp3) is 0.391. The van der Waals surface area contributed by atoms with Crippen molar-refractivity contribution in [3.8, 4) is 11.4 Å². The Balaban J connectivity index is 1.58. The third-order valence-electron chi connectivity index (χ3n) is 5.64. The maximum Gasteiger partial charge on any atom is 0.219 e. The molecular formula is C23H29N5O. The van der Waals surface area contributed by atoms with Crippen LogP contribution < -0.4 is 4.90 Å². The number of benzene rings is 2. The number of carbonyl (C=O) groups is 1. The van der Waals surface area contributed by atoms with Crippen LogP contribution in [-0.2, 0) is 11.3 Å². The normalized spacial score (nSPS) is 14.8. The maximum atomic E-state index is 11.5. The fourth-order valence-corrected chi connectivity index (χ4v) is 3.92. The van der Waals surface area contributed by atoms with Crippen molar-refractivity contribution in [2.24, 2.45) is 0 Å². The predicted octanol–water partition coefficient (Wildman–Crippen LogP) is 2.93. The number of aromatic nitrogens is 2. The Hall–Kier alpha value is -2.86. The zero-order valence-electron chi connectivity index (χ0n) is 17.5. The first-order valence-corrected chi connectivity index (χ1v) is 10.2. The van der Waals surface area contributed by atoms with Gasteiger partial charge >= 0.3 is 0 Å².